The van der Waals surface area contributed by atoms with Gasteiger partial charge in [0.25, 0.3) is 0 Å². The van der Waals surface area contributed by atoms with Crippen molar-refractivity contribution in [2.24, 2.45) is 0 Å². The largest absolute Gasteiger partial charge is 0.398 e. The molecule has 0 aliphatic heterocycles. The molecule has 3 N–H and O–H groups in total. The average molecular weight is 300 g/mol. The quantitative estimate of drug-likeness (QED) is 0.814. The van der Waals surface area contributed by atoms with E-state index in [-0.39, 0.29) is 11.5 Å². The van der Waals surface area contributed by atoms with Crippen LogP contribution in [0.15, 0.2) is 11.0 Å². The highest BCUT2D eigenvalue weighted by atomic mass is 32.2. The summed E-state index contributed by atoms with van der Waals surface area (Å²) in [6.07, 6.45) is 0. The van der Waals surface area contributed by atoms with E-state index in [0.717, 1.165) is 11.1 Å². The number of nitrogens with one attached hydrogen (secondary N) is 1. The molecule has 1 aromatic carbocycles. The second kappa shape index (κ2) is 5.71. The molecule has 0 aliphatic rings. The maximum absolute atomic E-state index is 12.6. The number of methoxy groups -OCH3 is 1. The summed E-state index contributed by atoms with van der Waals surface area (Å²) in [6.45, 7) is 9.20. The molecule has 0 spiro atoms. The van der Waals surface area contributed by atoms with Crippen molar-refractivity contribution in [3.8, 4) is 0 Å². The first-order valence-electron chi connectivity index (χ1n) is 6.41. The van der Waals surface area contributed by atoms with Crippen LogP contribution < -0.4 is 10.5 Å². The van der Waals surface area contributed by atoms with Crippen molar-refractivity contribution < 1.29 is 13.2 Å². The highest BCUT2D eigenvalue weighted by Crippen LogP contribution is 2.28. The predicted molar refractivity (Wildman–Crippen MR) is 81.3 cm³/mol. The van der Waals surface area contributed by atoms with Gasteiger partial charge in [-0.25, -0.2) is 13.1 Å². The number of benzene rings is 1. The zero-order valence-electron chi connectivity index (χ0n) is 13.0. The van der Waals surface area contributed by atoms with Crippen molar-refractivity contribution in [2.45, 2.75) is 45.1 Å². The average Bonchev–Trinajstić information content (AvgIpc) is 2.24. The molecule has 0 amide bonds. The van der Waals surface area contributed by atoms with E-state index in [1.807, 2.05) is 6.92 Å². The smallest absolute Gasteiger partial charge is 0.241 e. The lowest BCUT2D eigenvalue weighted by molar-refractivity contribution is 0.141. The molecule has 20 heavy (non-hydrogen) atoms. The van der Waals surface area contributed by atoms with Crippen LogP contribution in [-0.2, 0) is 14.8 Å². The van der Waals surface area contributed by atoms with E-state index in [0.29, 0.717) is 11.3 Å². The minimum Gasteiger partial charge on any atom is -0.398 e. The molecule has 6 heteroatoms. The molecule has 1 aromatic rings. The normalized spacial score (nSPS) is 12.7. The first-order chi connectivity index (χ1) is 9.02. The molecule has 114 valence electrons. The molecule has 0 atom stereocenters. The Morgan fingerprint density at radius 3 is 2.30 bits per heavy atom. The summed E-state index contributed by atoms with van der Waals surface area (Å²) in [6, 6.07) is 1.80. The standard InChI is InChI=1S/C14H24N2O3S/c1-9-7-12(15)11(3)13(10(9)2)20(17,18)16-14(4,5)8-19-6/h7,16H,8,15H2,1-6H3. The Morgan fingerprint density at radius 2 is 1.80 bits per heavy atom. The van der Waals surface area contributed by atoms with Crippen LogP contribution in [0.3, 0.4) is 0 Å². The molecule has 0 aliphatic carbocycles. The van der Waals surface area contributed by atoms with Crippen LogP contribution in [0.25, 0.3) is 0 Å². The van der Waals surface area contributed by atoms with E-state index in [1.54, 1.807) is 33.8 Å². The van der Waals surface area contributed by atoms with Gasteiger partial charge in [0.2, 0.25) is 10.0 Å². The number of ether oxygens (including phenoxy) is 1. The Balaban J connectivity index is 3.37. The monoisotopic (exact) mass is 300 g/mol. The van der Waals surface area contributed by atoms with E-state index in [2.05, 4.69) is 4.72 Å². The summed E-state index contributed by atoms with van der Waals surface area (Å²) >= 11 is 0. The summed E-state index contributed by atoms with van der Waals surface area (Å²) < 4.78 is 33.0. The first-order valence-corrected chi connectivity index (χ1v) is 7.89. The van der Waals surface area contributed by atoms with Crippen LogP contribution >= 0.6 is 0 Å². The number of anilines is 1. The van der Waals surface area contributed by atoms with Gasteiger partial charge < -0.3 is 10.5 Å². The zero-order valence-corrected chi connectivity index (χ0v) is 13.8. The van der Waals surface area contributed by atoms with E-state index >= 15 is 0 Å². The van der Waals surface area contributed by atoms with Crippen molar-refractivity contribution in [3.63, 3.8) is 0 Å². The van der Waals surface area contributed by atoms with Gasteiger partial charge in [0.1, 0.15) is 0 Å². The molecule has 0 heterocycles. The second-order valence-electron chi connectivity index (χ2n) is 5.78. The lowest BCUT2D eigenvalue weighted by atomic mass is 10.1. The fourth-order valence-electron chi connectivity index (χ4n) is 2.25. The van der Waals surface area contributed by atoms with Gasteiger partial charge in [-0.15, -0.1) is 0 Å². The molecule has 0 unspecified atom stereocenters. The van der Waals surface area contributed by atoms with Gasteiger partial charge in [0, 0.05) is 12.8 Å². The third kappa shape index (κ3) is 3.50. The van der Waals surface area contributed by atoms with Crippen LogP contribution in [0.5, 0.6) is 0 Å². The van der Waals surface area contributed by atoms with E-state index in [9.17, 15) is 8.42 Å². The maximum Gasteiger partial charge on any atom is 0.241 e. The van der Waals surface area contributed by atoms with Crippen LogP contribution in [0.2, 0.25) is 0 Å². The van der Waals surface area contributed by atoms with Crippen molar-refractivity contribution in [3.05, 3.63) is 22.8 Å². The summed E-state index contributed by atoms with van der Waals surface area (Å²) in [5, 5.41) is 0. The Morgan fingerprint density at radius 1 is 1.25 bits per heavy atom. The minimum atomic E-state index is -3.66. The van der Waals surface area contributed by atoms with E-state index in [4.69, 9.17) is 10.5 Å². The minimum absolute atomic E-state index is 0.263. The summed E-state index contributed by atoms with van der Waals surface area (Å²) in [7, 11) is -2.12. The summed E-state index contributed by atoms with van der Waals surface area (Å²) in [5.74, 6) is 0. The van der Waals surface area contributed by atoms with Crippen molar-refractivity contribution in [1.82, 2.24) is 4.72 Å². The number of nitrogen functional groups attached to an aromatic ring is 1. The summed E-state index contributed by atoms with van der Waals surface area (Å²) in [5.41, 5.74) is 7.84. The predicted octanol–water partition coefficient (Wildman–Crippen LogP) is 1.90. The SMILES string of the molecule is COCC(C)(C)NS(=O)(=O)c1c(C)c(C)cc(N)c1C. The first kappa shape index (κ1) is 16.9. The van der Waals surface area contributed by atoms with Gasteiger partial charge in [-0.2, -0.15) is 0 Å². The fraction of sp³-hybridized carbons (Fsp3) is 0.571. The molecule has 5 nitrogen and oxygen atoms in total. The van der Waals surface area contributed by atoms with E-state index < -0.39 is 15.6 Å². The Hall–Kier alpha value is -1.11. The Bertz CT molecular complexity index is 581. The topological polar surface area (TPSA) is 81.4 Å². The molecule has 1 rings (SSSR count). The Kier molecular flexibility index (Phi) is 4.84. The maximum atomic E-state index is 12.6. The molecule has 0 aromatic heterocycles. The molecule has 0 saturated carbocycles. The lowest BCUT2D eigenvalue weighted by Crippen LogP contribution is -2.47. The molecule has 0 bridgehead atoms. The molecule has 0 fully saturated rings. The van der Waals surface area contributed by atoms with Gasteiger partial charge in [-0.1, -0.05) is 0 Å². The third-order valence-corrected chi connectivity index (χ3v) is 5.23. The number of aryl methyl sites for hydroxylation is 1. The molecule has 0 saturated heterocycles. The molecule has 0 radical (unpaired) electrons. The third-order valence-electron chi connectivity index (χ3n) is 3.26. The number of sulfonamides is 1. The molecular weight excluding hydrogens is 276 g/mol. The van der Waals surface area contributed by atoms with Gasteiger partial charge in [0.15, 0.2) is 0 Å². The van der Waals surface area contributed by atoms with E-state index in [1.165, 1.54) is 7.11 Å². The van der Waals surface area contributed by atoms with Gasteiger partial charge >= 0.3 is 0 Å². The summed E-state index contributed by atoms with van der Waals surface area (Å²) in [4.78, 5) is 0.263. The lowest BCUT2D eigenvalue weighted by Gasteiger charge is -2.26. The second-order valence-corrected chi connectivity index (χ2v) is 7.40. The van der Waals surface area contributed by atoms with Crippen LogP contribution in [0.4, 0.5) is 5.69 Å². The number of hydrogen-bond donors (Lipinski definition) is 2. The van der Waals surface area contributed by atoms with Gasteiger partial charge in [-0.3, -0.25) is 0 Å². The Labute approximate surface area is 121 Å². The number of nitrogens with two attached hydrogens (primary N) is 1. The van der Waals surface area contributed by atoms with Crippen LogP contribution in [0.1, 0.15) is 30.5 Å². The van der Waals surface area contributed by atoms with Gasteiger partial charge in [0.05, 0.1) is 17.0 Å². The fourth-order valence-corrected chi connectivity index (χ4v) is 4.22. The van der Waals surface area contributed by atoms with Crippen LogP contribution in [-0.4, -0.2) is 27.7 Å². The van der Waals surface area contributed by atoms with Gasteiger partial charge in [-0.05, 0) is 57.4 Å². The zero-order chi connectivity index (χ0) is 15.7. The number of rotatable bonds is 5. The van der Waals surface area contributed by atoms with Crippen molar-refractivity contribution in [1.29, 1.82) is 0 Å². The van der Waals surface area contributed by atoms with Crippen LogP contribution in [0, 0.1) is 20.8 Å². The number of hydrogen-bond acceptors (Lipinski definition) is 4. The molecular formula is C14H24N2O3S. The highest BCUT2D eigenvalue weighted by Gasteiger charge is 2.29. The highest BCUT2D eigenvalue weighted by molar-refractivity contribution is 7.89. The van der Waals surface area contributed by atoms with Crippen molar-refractivity contribution in [2.75, 3.05) is 19.5 Å². The van der Waals surface area contributed by atoms with Crippen molar-refractivity contribution >= 4 is 15.7 Å².